The van der Waals surface area contributed by atoms with Gasteiger partial charge >= 0.3 is 0 Å². The second-order valence-electron chi connectivity index (χ2n) is 9.57. The normalized spacial score (nSPS) is 11.6. The summed E-state index contributed by atoms with van der Waals surface area (Å²) in [6.45, 7) is 1.27. The van der Waals surface area contributed by atoms with Crippen LogP contribution in [0.1, 0.15) is 17.7 Å². The van der Waals surface area contributed by atoms with Crippen molar-refractivity contribution in [2.24, 2.45) is 0 Å². The number of nitrogens with zero attached hydrogens (tertiary/aromatic N) is 2. The van der Waals surface area contributed by atoms with Crippen LogP contribution in [-0.4, -0.2) is 36.9 Å². The van der Waals surface area contributed by atoms with Gasteiger partial charge in [-0.2, -0.15) is 0 Å². The van der Waals surface area contributed by atoms with Crippen LogP contribution < -0.4 is 15.4 Å². The van der Waals surface area contributed by atoms with Crippen LogP contribution in [0.4, 0.5) is 15.9 Å². The number of furan rings is 1. The van der Waals surface area contributed by atoms with Crippen LogP contribution in [0.2, 0.25) is 5.02 Å². The number of hydrogen-bond acceptors (Lipinski definition) is 8. The number of benzene rings is 3. The summed E-state index contributed by atoms with van der Waals surface area (Å²) in [5.74, 6) is 2.35. The van der Waals surface area contributed by atoms with E-state index in [0.29, 0.717) is 53.1 Å². The van der Waals surface area contributed by atoms with Crippen molar-refractivity contribution in [3.8, 4) is 17.1 Å². The maximum atomic E-state index is 13.4. The fourth-order valence-electron chi connectivity index (χ4n) is 4.23. The Bertz CT molecular complexity index is 1780. The minimum Gasteiger partial charge on any atom is -0.487 e. The highest BCUT2D eigenvalue weighted by molar-refractivity contribution is 7.90. The standard InChI is InChI=1S/C30H28ClFN4O4S/c1-41(37,38)13-3-12-33-17-24-8-11-28(40-24)21-6-9-27-25(15-21)30(35-19-34-27)36-23-7-10-29(26(31)16-23)39-18-20-4-2-5-22(32)14-20/h2,4-11,14-16,19,33H,3,12-13,17-18H2,1H3,(H,34,35,36). The molecule has 0 bridgehead atoms. The number of nitrogens with one attached hydrogen (secondary N) is 2. The second-order valence-corrected chi connectivity index (χ2v) is 12.2. The van der Waals surface area contributed by atoms with Crippen LogP contribution in [0.5, 0.6) is 5.75 Å². The van der Waals surface area contributed by atoms with E-state index in [1.54, 1.807) is 24.3 Å². The van der Waals surface area contributed by atoms with Crippen LogP contribution >= 0.6 is 11.6 Å². The number of sulfone groups is 1. The van der Waals surface area contributed by atoms with Gasteiger partial charge in [-0.15, -0.1) is 0 Å². The van der Waals surface area contributed by atoms with Crippen molar-refractivity contribution in [3.05, 3.63) is 101 Å². The predicted molar refractivity (Wildman–Crippen MR) is 159 cm³/mol. The monoisotopic (exact) mass is 594 g/mol. The molecule has 0 aliphatic rings. The molecule has 5 rings (SSSR count). The van der Waals surface area contributed by atoms with Gasteiger partial charge in [0.15, 0.2) is 0 Å². The van der Waals surface area contributed by atoms with Gasteiger partial charge < -0.3 is 19.8 Å². The average molecular weight is 595 g/mol. The first-order valence-corrected chi connectivity index (χ1v) is 15.3. The summed E-state index contributed by atoms with van der Waals surface area (Å²) in [4.78, 5) is 8.82. The minimum absolute atomic E-state index is 0.152. The molecule has 0 spiro atoms. The summed E-state index contributed by atoms with van der Waals surface area (Å²) in [7, 11) is -2.96. The average Bonchev–Trinajstić information content (AvgIpc) is 3.41. The first-order chi connectivity index (χ1) is 19.7. The Morgan fingerprint density at radius 1 is 1.02 bits per heavy atom. The van der Waals surface area contributed by atoms with E-state index in [9.17, 15) is 12.8 Å². The summed E-state index contributed by atoms with van der Waals surface area (Å²) in [6, 6.07) is 21.1. The lowest BCUT2D eigenvalue weighted by atomic mass is 10.1. The van der Waals surface area contributed by atoms with Crippen LogP contribution in [0, 0.1) is 5.82 Å². The molecule has 0 atom stereocenters. The van der Waals surface area contributed by atoms with E-state index < -0.39 is 9.84 Å². The smallest absolute Gasteiger partial charge is 0.147 e. The molecule has 5 aromatic rings. The first kappa shape index (κ1) is 28.5. The Labute approximate surface area is 242 Å². The molecule has 0 radical (unpaired) electrons. The Morgan fingerprint density at radius 3 is 2.71 bits per heavy atom. The number of hydrogen-bond donors (Lipinski definition) is 2. The summed E-state index contributed by atoms with van der Waals surface area (Å²) in [5.41, 5.74) is 3.03. The summed E-state index contributed by atoms with van der Waals surface area (Å²) in [6.07, 6.45) is 3.27. The molecule has 0 amide bonds. The van der Waals surface area contributed by atoms with Crippen LogP contribution in [0.3, 0.4) is 0 Å². The van der Waals surface area contributed by atoms with Crippen molar-refractivity contribution in [3.63, 3.8) is 0 Å². The van der Waals surface area contributed by atoms with Crippen LogP contribution in [-0.2, 0) is 23.0 Å². The Balaban J connectivity index is 1.26. The third-order valence-electron chi connectivity index (χ3n) is 6.23. The SMILES string of the molecule is CS(=O)(=O)CCCNCc1ccc(-c2ccc3ncnc(Nc4ccc(OCc5cccc(F)c5)c(Cl)c4)c3c2)o1. The number of halogens is 2. The Morgan fingerprint density at radius 2 is 1.90 bits per heavy atom. The van der Waals surface area contributed by atoms with Crippen molar-refractivity contribution < 1.29 is 22.0 Å². The molecule has 0 unspecified atom stereocenters. The maximum absolute atomic E-state index is 13.4. The van der Waals surface area contributed by atoms with Crippen molar-refractivity contribution in [1.82, 2.24) is 15.3 Å². The van der Waals surface area contributed by atoms with Gasteiger partial charge in [-0.3, -0.25) is 0 Å². The third-order valence-corrected chi connectivity index (χ3v) is 7.55. The van der Waals surface area contributed by atoms with Gasteiger partial charge in [-0.05, 0) is 79.2 Å². The highest BCUT2D eigenvalue weighted by atomic mass is 35.5. The maximum Gasteiger partial charge on any atom is 0.147 e. The van der Waals surface area contributed by atoms with Gasteiger partial charge in [0.2, 0.25) is 0 Å². The van der Waals surface area contributed by atoms with Gasteiger partial charge in [0.25, 0.3) is 0 Å². The van der Waals surface area contributed by atoms with Crippen molar-refractivity contribution in [2.45, 2.75) is 19.6 Å². The van der Waals surface area contributed by atoms with E-state index in [4.69, 9.17) is 20.8 Å². The topological polar surface area (TPSA) is 106 Å². The highest BCUT2D eigenvalue weighted by Gasteiger charge is 2.11. The summed E-state index contributed by atoms with van der Waals surface area (Å²) in [5, 5.41) is 7.71. The molecular formula is C30H28ClFN4O4S. The quantitative estimate of drug-likeness (QED) is 0.157. The molecular weight excluding hydrogens is 567 g/mol. The molecule has 8 nitrogen and oxygen atoms in total. The number of rotatable bonds is 12. The van der Waals surface area contributed by atoms with Crippen LogP contribution in [0.25, 0.3) is 22.2 Å². The lowest BCUT2D eigenvalue weighted by Gasteiger charge is -2.12. The number of ether oxygens (including phenoxy) is 1. The fourth-order valence-corrected chi connectivity index (χ4v) is 5.13. The molecule has 3 aromatic carbocycles. The molecule has 2 N–H and O–H groups in total. The molecule has 0 aliphatic carbocycles. The van der Waals surface area contributed by atoms with Gasteiger partial charge in [0.1, 0.15) is 51.7 Å². The molecule has 0 saturated heterocycles. The molecule has 212 valence electrons. The first-order valence-electron chi connectivity index (χ1n) is 12.9. The lowest BCUT2D eigenvalue weighted by molar-refractivity contribution is 0.306. The Hall–Kier alpha value is -3.99. The van der Waals surface area contributed by atoms with E-state index in [2.05, 4.69) is 20.6 Å². The van der Waals surface area contributed by atoms with Gasteiger partial charge in [-0.1, -0.05) is 23.7 Å². The van der Waals surface area contributed by atoms with E-state index in [1.165, 1.54) is 24.7 Å². The zero-order valence-corrected chi connectivity index (χ0v) is 23.8. The number of fused-ring (bicyclic) bond motifs is 1. The molecule has 2 aromatic heterocycles. The summed E-state index contributed by atoms with van der Waals surface area (Å²) < 4.78 is 47.8. The molecule has 0 aliphatic heterocycles. The third kappa shape index (κ3) is 7.81. The van der Waals surface area contributed by atoms with Gasteiger partial charge in [0, 0.05) is 22.9 Å². The van der Waals surface area contributed by atoms with E-state index in [0.717, 1.165) is 22.2 Å². The zero-order valence-electron chi connectivity index (χ0n) is 22.2. The molecule has 0 fully saturated rings. The van der Waals surface area contributed by atoms with Gasteiger partial charge in [0.05, 0.1) is 22.8 Å². The number of anilines is 2. The zero-order chi connectivity index (χ0) is 28.8. The molecule has 0 saturated carbocycles. The van der Waals surface area contributed by atoms with Crippen molar-refractivity contribution >= 4 is 43.8 Å². The largest absolute Gasteiger partial charge is 0.487 e. The molecule has 41 heavy (non-hydrogen) atoms. The predicted octanol–water partition coefficient (Wildman–Crippen LogP) is 6.53. The Kier molecular flexibility index (Phi) is 8.82. The highest BCUT2D eigenvalue weighted by Crippen LogP contribution is 2.32. The van der Waals surface area contributed by atoms with Crippen molar-refractivity contribution in [2.75, 3.05) is 23.9 Å². The second kappa shape index (κ2) is 12.7. The lowest BCUT2D eigenvalue weighted by Crippen LogP contribution is -2.17. The van der Waals surface area contributed by atoms with Crippen LogP contribution in [0.15, 0.2) is 83.5 Å². The fraction of sp³-hybridized carbons (Fsp3) is 0.200. The summed E-state index contributed by atoms with van der Waals surface area (Å²) >= 11 is 6.48. The van der Waals surface area contributed by atoms with Crippen molar-refractivity contribution in [1.29, 1.82) is 0 Å². The van der Waals surface area contributed by atoms with Gasteiger partial charge in [-0.25, -0.2) is 22.8 Å². The molecule has 2 heterocycles. The van der Waals surface area contributed by atoms with E-state index in [1.807, 2.05) is 36.4 Å². The van der Waals surface area contributed by atoms with E-state index in [-0.39, 0.29) is 18.2 Å². The minimum atomic E-state index is -2.96. The number of aromatic nitrogens is 2. The molecule has 11 heteroatoms. The van der Waals surface area contributed by atoms with E-state index >= 15 is 0 Å².